The lowest BCUT2D eigenvalue weighted by Crippen LogP contribution is -2.42. The summed E-state index contributed by atoms with van der Waals surface area (Å²) in [5.74, 6) is -1.82. The number of nitrogens with zero attached hydrogens (tertiary/aromatic N) is 1. The highest BCUT2D eigenvalue weighted by atomic mass is 32.2. The van der Waals surface area contributed by atoms with Crippen molar-refractivity contribution < 1.29 is 22.4 Å². The van der Waals surface area contributed by atoms with E-state index in [0.717, 1.165) is 12.1 Å². The summed E-state index contributed by atoms with van der Waals surface area (Å²) in [5, 5.41) is 0. The number of hydrogen-bond donors (Lipinski definition) is 3. The smallest absolute Gasteiger partial charge is 0.280 e. The van der Waals surface area contributed by atoms with Gasteiger partial charge in [-0.25, -0.2) is 12.8 Å². The summed E-state index contributed by atoms with van der Waals surface area (Å²) in [6.45, 7) is 1.62. The molecule has 0 bridgehead atoms. The molecule has 0 radical (unpaired) electrons. The molecule has 3 aromatic rings. The number of halogens is 1. The van der Waals surface area contributed by atoms with E-state index in [9.17, 15) is 22.4 Å². The predicted octanol–water partition coefficient (Wildman–Crippen LogP) is 2.40. The summed E-state index contributed by atoms with van der Waals surface area (Å²) < 4.78 is 40.5. The molecule has 10 heteroatoms. The fourth-order valence-corrected chi connectivity index (χ4v) is 3.57. The van der Waals surface area contributed by atoms with Crippen molar-refractivity contribution in [2.45, 2.75) is 11.8 Å². The molecule has 0 saturated heterocycles. The van der Waals surface area contributed by atoms with Gasteiger partial charge in [0.15, 0.2) is 0 Å². The van der Waals surface area contributed by atoms with Crippen molar-refractivity contribution in [3.05, 3.63) is 89.5 Å². The minimum Gasteiger partial charge on any atom is -0.280 e. The van der Waals surface area contributed by atoms with Gasteiger partial charge in [-0.1, -0.05) is 12.1 Å². The molecule has 3 rings (SSSR count). The predicted molar refractivity (Wildman–Crippen MR) is 108 cm³/mol. The zero-order chi connectivity index (χ0) is 21.7. The molecule has 0 fully saturated rings. The lowest BCUT2D eigenvalue weighted by molar-refractivity contribution is 0.0843. The highest BCUT2D eigenvalue weighted by Gasteiger charge is 2.19. The Labute approximate surface area is 172 Å². The van der Waals surface area contributed by atoms with Crippen LogP contribution < -0.4 is 15.6 Å². The SMILES string of the molecule is Cc1ccc(S(=O)(=O)Nc2ccc(F)cc2)cc1C(=O)NNC(=O)c1ccccn1. The number of carbonyl (C=O) groups is 2. The maximum atomic E-state index is 13.0. The molecule has 0 spiro atoms. The van der Waals surface area contributed by atoms with E-state index < -0.39 is 27.7 Å². The van der Waals surface area contributed by atoms with E-state index in [-0.39, 0.29) is 21.8 Å². The summed E-state index contributed by atoms with van der Waals surface area (Å²) in [5.41, 5.74) is 5.30. The van der Waals surface area contributed by atoms with Crippen molar-refractivity contribution in [3.8, 4) is 0 Å². The molecule has 8 nitrogen and oxygen atoms in total. The molecule has 0 unspecified atom stereocenters. The number of amides is 2. The topological polar surface area (TPSA) is 117 Å². The van der Waals surface area contributed by atoms with Gasteiger partial charge in [0.2, 0.25) is 0 Å². The van der Waals surface area contributed by atoms with E-state index >= 15 is 0 Å². The second-order valence-electron chi connectivity index (χ2n) is 6.21. The molecule has 0 aliphatic carbocycles. The summed E-state index contributed by atoms with van der Waals surface area (Å²) in [6.07, 6.45) is 1.43. The number of sulfonamides is 1. The van der Waals surface area contributed by atoms with Crippen molar-refractivity contribution in [1.29, 1.82) is 0 Å². The van der Waals surface area contributed by atoms with E-state index in [1.807, 2.05) is 0 Å². The van der Waals surface area contributed by atoms with Crippen molar-refractivity contribution in [1.82, 2.24) is 15.8 Å². The molecule has 30 heavy (non-hydrogen) atoms. The Bertz CT molecular complexity index is 1180. The molecule has 0 aliphatic heterocycles. The van der Waals surface area contributed by atoms with Crippen LogP contribution in [0, 0.1) is 12.7 Å². The van der Waals surface area contributed by atoms with E-state index in [0.29, 0.717) is 5.56 Å². The maximum Gasteiger partial charge on any atom is 0.288 e. The third-order valence-corrected chi connectivity index (χ3v) is 5.43. The number of rotatable bonds is 5. The van der Waals surface area contributed by atoms with Gasteiger partial charge in [0.1, 0.15) is 11.5 Å². The Morgan fingerprint density at radius 1 is 0.933 bits per heavy atom. The van der Waals surface area contributed by atoms with Gasteiger partial charge < -0.3 is 0 Å². The van der Waals surface area contributed by atoms with E-state index in [1.165, 1.54) is 42.6 Å². The monoisotopic (exact) mass is 428 g/mol. The molecule has 2 aromatic carbocycles. The van der Waals surface area contributed by atoms with E-state index in [4.69, 9.17) is 0 Å². The molecule has 154 valence electrons. The average molecular weight is 428 g/mol. The lowest BCUT2D eigenvalue weighted by Gasteiger charge is -2.12. The van der Waals surface area contributed by atoms with Gasteiger partial charge in [-0.05, 0) is 61.0 Å². The lowest BCUT2D eigenvalue weighted by atomic mass is 10.1. The van der Waals surface area contributed by atoms with Crippen LogP contribution in [-0.2, 0) is 10.0 Å². The van der Waals surface area contributed by atoms with Crippen LogP contribution in [0.4, 0.5) is 10.1 Å². The number of benzene rings is 2. The Kier molecular flexibility index (Phi) is 6.07. The highest BCUT2D eigenvalue weighted by Crippen LogP contribution is 2.19. The molecule has 0 saturated carbocycles. The van der Waals surface area contributed by atoms with Crippen LogP contribution in [0.2, 0.25) is 0 Å². The van der Waals surface area contributed by atoms with Crippen LogP contribution in [0.15, 0.2) is 71.8 Å². The molecule has 1 aromatic heterocycles. The van der Waals surface area contributed by atoms with Crippen molar-refractivity contribution in [3.63, 3.8) is 0 Å². The largest absolute Gasteiger partial charge is 0.288 e. The standard InChI is InChI=1S/C20H17FN4O4S/c1-13-5-10-16(30(28,29)25-15-8-6-14(21)7-9-15)12-17(13)19(26)23-24-20(27)18-4-2-3-11-22-18/h2-12,25H,1H3,(H,23,26)(H,24,27). The quantitative estimate of drug-likeness (QED) is 0.540. The van der Waals surface area contributed by atoms with Gasteiger partial charge in [-0.3, -0.25) is 30.1 Å². The van der Waals surface area contributed by atoms with Gasteiger partial charge in [-0.2, -0.15) is 0 Å². The Balaban J connectivity index is 1.76. The second-order valence-corrected chi connectivity index (χ2v) is 7.89. The third-order valence-electron chi connectivity index (χ3n) is 4.05. The fraction of sp³-hybridized carbons (Fsp3) is 0.0500. The minimum absolute atomic E-state index is 0.0540. The Hall–Kier alpha value is -3.79. The molecule has 0 atom stereocenters. The molecular weight excluding hydrogens is 411 g/mol. The number of hydrazine groups is 1. The third kappa shape index (κ3) is 4.97. The Morgan fingerprint density at radius 2 is 1.63 bits per heavy atom. The number of nitrogens with one attached hydrogen (secondary N) is 3. The van der Waals surface area contributed by atoms with Gasteiger partial charge in [0.05, 0.1) is 4.90 Å². The van der Waals surface area contributed by atoms with Crippen molar-refractivity contribution in [2.24, 2.45) is 0 Å². The number of carbonyl (C=O) groups excluding carboxylic acids is 2. The zero-order valence-corrected chi connectivity index (χ0v) is 16.5. The number of pyridine rings is 1. The average Bonchev–Trinajstić information content (AvgIpc) is 2.74. The molecule has 0 aliphatic rings. The first kappa shape index (κ1) is 20.9. The second kappa shape index (κ2) is 8.70. The van der Waals surface area contributed by atoms with Crippen molar-refractivity contribution in [2.75, 3.05) is 4.72 Å². The first-order valence-electron chi connectivity index (χ1n) is 8.67. The maximum absolute atomic E-state index is 13.0. The fourth-order valence-electron chi connectivity index (χ4n) is 2.49. The van der Waals surface area contributed by atoms with Crippen LogP contribution in [0.5, 0.6) is 0 Å². The molecule has 2 amide bonds. The van der Waals surface area contributed by atoms with Gasteiger partial charge in [0, 0.05) is 17.4 Å². The number of aromatic nitrogens is 1. The van der Waals surface area contributed by atoms with Crippen molar-refractivity contribution >= 4 is 27.5 Å². The first-order chi connectivity index (χ1) is 14.3. The van der Waals surface area contributed by atoms with Crippen LogP contribution in [-0.4, -0.2) is 25.2 Å². The summed E-state index contributed by atoms with van der Waals surface area (Å²) in [7, 11) is -4.02. The number of aryl methyl sites for hydroxylation is 1. The normalized spacial score (nSPS) is 10.9. The van der Waals surface area contributed by atoms with Gasteiger partial charge in [-0.15, -0.1) is 0 Å². The molecule has 1 heterocycles. The van der Waals surface area contributed by atoms with E-state index in [2.05, 4.69) is 20.6 Å². The van der Waals surface area contributed by atoms with Crippen LogP contribution in [0.1, 0.15) is 26.4 Å². The van der Waals surface area contributed by atoms with Gasteiger partial charge in [0.25, 0.3) is 21.8 Å². The Morgan fingerprint density at radius 3 is 2.30 bits per heavy atom. The number of anilines is 1. The van der Waals surface area contributed by atoms with E-state index in [1.54, 1.807) is 19.1 Å². The minimum atomic E-state index is -4.02. The van der Waals surface area contributed by atoms with Gasteiger partial charge >= 0.3 is 0 Å². The first-order valence-corrected chi connectivity index (χ1v) is 10.2. The summed E-state index contributed by atoms with van der Waals surface area (Å²) >= 11 is 0. The summed E-state index contributed by atoms with van der Waals surface area (Å²) in [4.78, 5) is 28.2. The number of hydrogen-bond acceptors (Lipinski definition) is 5. The van der Waals surface area contributed by atoms with Crippen LogP contribution >= 0.6 is 0 Å². The summed E-state index contributed by atoms with van der Waals surface area (Å²) in [6, 6.07) is 13.5. The zero-order valence-electron chi connectivity index (χ0n) is 15.7. The van der Waals surface area contributed by atoms with Crippen LogP contribution in [0.25, 0.3) is 0 Å². The van der Waals surface area contributed by atoms with Crippen LogP contribution in [0.3, 0.4) is 0 Å². The molecular formula is C20H17FN4O4S. The molecule has 3 N–H and O–H groups in total. The highest BCUT2D eigenvalue weighted by molar-refractivity contribution is 7.92.